The molecule has 27 heavy (non-hydrogen) atoms. The van der Waals surface area contributed by atoms with Gasteiger partial charge in [0.15, 0.2) is 0 Å². The number of nitrogens with one attached hydrogen (secondary N) is 1. The molecule has 0 atom stereocenters. The van der Waals surface area contributed by atoms with E-state index >= 15 is 0 Å². The molecule has 0 bridgehead atoms. The second-order valence-corrected chi connectivity index (χ2v) is 6.26. The van der Waals surface area contributed by atoms with Crippen molar-refractivity contribution < 1.29 is 19.2 Å². The summed E-state index contributed by atoms with van der Waals surface area (Å²) in [5, 5.41) is 14.0. The molecule has 8 nitrogen and oxygen atoms in total. The molecule has 2 rings (SSSR count). The Balaban J connectivity index is 2.17. The Kier molecular flexibility index (Phi) is 6.59. The lowest BCUT2D eigenvalue weighted by molar-refractivity contribution is -0.384. The zero-order chi connectivity index (χ0) is 20.1. The minimum absolute atomic E-state index is 0.0298. The summed E-state index contributed by atoms with van der Waals surface area (Å²) in [4.78, 5) is 36.3. The highest BCUT2D eigenvalue weighted by Gasteiger charge is 2.22. The number of nitro groups is 1. The van der Waals surface area contributed by atoms with Crippen LogP contribution in [0.15, 0.2) is 36.4 Å². The number of likely N-dealkylation sites (N-methyl/N-ethyl adjacent to an activating group) is 1. The van der Waals surface area contributed by atoms with Crippen LogP contribution in [0.5, 0.6) is 5.75 Å². The van der Waals surface area contributed by atoms with Crippen molar-refractivity contribution in [1.82, 2.24) is 4.90 Å². The van der Waals surface area contributed by atoms with Gasteiger partial charge in [0, 0.05) is 19.2 Å². The number of ether oxygens (including phenoxy) is 1. The summed E-state index contributed by atoms with van der Waals surface area (Å²) in [5.41, 5.74) is -0.0581. The van der Waals surface area contributed by atoms with Crippen LogP contribution in [0.25, 0.3) is 0 Å². The number of hydrogen-bond donors (Lipinski definition) is 1. The molecule has 0 aromatic heterocycles. The van der Waals surface area contributed by atoms with Gasteiger partial charge in [-0.05, 0) is 18.2 Å². The van der Waals surface area contributed by atoms with Crippen molar-refractivity contribution in [1.29, 1.82) is 0 Å². The number of nitrogens with zero attached hydrogens (tertiary/aromatic N) is 2. The van der Waals surface area contributed by atoms with Gasteiger partial charge in [-0.25, -0.2) is 0 Å². The molecule has 142 valence electrons. The monoisotopic (exact) mass is 411 g/mol. The van der Waals surface area contributed by atoms with E-state index in [0.717, 1.165) is 11.0 Å². The Labute approximate surface area is 164 Å². The molecule has 2 amide bonds. The number of halogens is 2. The third-order valence-electron chi connectivity index (χ3n) is 3.58. The second kappa shape index (κ2) is 8.70. The van der Waals surface area contributed by atoms with Crippen LogP contribution < -0.4 is 10.1 Å². The van der Waals surface area contributed by atoms with E-state index in [2.05, 4.69) is 5.32 Å². The number of methoxy groups -OCH3 is 1. The van der Waals surface area contributed by atoms with Crippen LogP contribution in [-0.2, 0) is 4.79 Å². The molecular formula is C17H15Cl2N3O5. The van der Waals surface area contributed by atoms with Crippen LogP contribution in [-0.4, -0.2) is 42.3 Å². The smallest absolute Gasteiger partial charge is 0.270 e. The number of anilines is 1. The zero-order valence-electron chi connectivity index (χ0n) is 14.4. The van der Waals surface area contributed by atoms with Crippen LogP contribution in [0.4, 0.5) is 11.4 Å². The lowest BCUT2D eigenvalue weighted by Gasteiger charge is -2.18. The van der Waals surface area contributed by atoms with Gasteiger partial charge in [-0.1, -0.05) is 29.3 Å². The van der Waals surface area contributed by atoms with Crippen molar-refractivity contribution >= 4 is 46.4 Å². The summed E-state index contributed by atoms with van der Waals surface area (Å²) < 4.78 is 5.08. The molecule has 0 radical (unpaired) electrons. The lowest BCUT2D eigenvalue weighted by atomic mass is 10.1. The highest BCUT2D eigenvalue weighted by Crippen LogP contribution is 2.30. The number of benzene rings is 2. The Hall–Kier alpha value is -2.84. The van der Waals surface area contributed by atoms with Gasteiger partial charge in [0.05, 0.1) is 39.9 Å². The van der Waals surface area contributed by atoms with E-state index in [0.29, 0.717) is 0 Å². The highest BCUT2D eigenvalue weighted by molar-refractivity contribution is 6.39. The van der Waals surface area contributed by atoms with Crippen molar-refractivity contribution in [2.75, 3.05) is 26.0 Å². The Bertz CT molecular complexity index is 884. The number of rotatable bonds is 6. The topological polar surface area (TPSA) is 102 Å². The molecule has 0 aliphatic carbocycles. The van der Waals surface area contributed by atoms with Crippen molar-refractivity contribution in [3.8, 4) is 5.75 Å². The molecule has 0 saturated carbocycles. The lowest BCUT2D eigenvalue weighted by Crippen LogP contribution is -2.35. The fourth-order valence-electron chi connectivity index (χ4n) is 2.27. The summed E-state index contributed by atoms with van der Waals surface area (Å²) in [6, 6.07) is 8.40. The number of carbonyl (C=O) groups excluding carboxylic acids is 2. The number of non-ortho nitro benzene ring substituents is 1. The van der Waals surface area contributed by atoms with Gasteiger partial charge in [-0.15, -0.1) is 0 Å². The van der Waals surface area contributed by atoms with Gasteiger partial charge < -0.3 is 15.0 Å². The highest BCUT2D eigenvalue weighted by atomic mass is 35.5. The zero-order valence-corrected chi connectivity index (χ0v) is 15.9. The van der Waals surface area contributed by atoms with Crippen LogP contribution >= 0.6 is 23.2 Å². The van der Waals surface area contributed by atoms with E-state index in [1.165, 1.54) is 26.3 Å². The number of amides is 2. The standard InChI is InChI=1S/C17H15Cl2N3O5/c1-21(9-15(23)20-16-12(18)4-3-5-13(16)19)17(24)11-8-10(22(25)26)6-7-14(11)27-2/h3-8H,9H2,1-2H3,(H,20,23). The van der Waals surface area contributed by atoms with E-state index in [-0.39, 0.29) is 39.3 Å². The van der Waals surface area contributed by atoms with E-state index < -0.39 is 16.7 Å². The fraction of sp³-hybridized carbons (Fsp3) is 0.176. The molecule has 0 saturated heterocycles. The third-order valence-corrected chi connectivity index (χ3v) is 4.21. The van der Waals surface area contributed by atoms with Crippen molar-refractivity contribution in [2.24, 2.45) is 0 Å². The molecule has 0 heterocycles. The molecule has 1 N–H and O–H groups in total. The predicted octanol–water partition coefficient (Wildman–Crippen LogP) is 3.62. The van der Waals surface area contributed by atoms with Gasteiger partial charge in [0.1, 0.15) is 5.75 Å². The first kappa shape index (κ1) is 20.5. The average Bonchev–Trinajstić information content (AvgIpc) is 2.63. The quantitative estimate of drug-likeness (QED) is 0.577. The summed E-state index contributed by atoms with van der Waals surface area (Å²) in [7, 11) is 2.72. The molecular weight excluding hydrogens is 397 g/mol. The molecule has 0 spiro atoms. The maximum absolute atomic E-state index is 12.6. The minimum atomic E-state index is -0.623. The molecule has 2 aromatic carbocycles. The number of para-hydroxylation sites is 1. The number of nitro benzene ring substituents is 1. The Morgan fingerprint density at radius 3 is 2.41 bits per heavy atom. The summed E-state index contributed by atoms with van der Waals surface area (Å²) >= 11 is 12.0. The fourth-order valence-corrected chi connectivity index (χ4v) is 2.76. The summed E-state index contributed by atoms with van der Waals surface area (Å²) in [6.45, 7) is -0.327. The first-order chi connectivity index (χ1) is 12.7. The largest absolute Gasteiger partial charge is 0.496 e. The molecule has 0 fully saturated rings. The molecule has 0 aliphatic rings. The Morgan fingerprint density at radius 2 is 1.85 bits per heavy atom. The maximum atomic E-state index is 12.6. The molecule has 0 aliphatic heterocycles. The normalized spacial score (nSPS) is 10.2. The van der Waals surface area contributed by atoms with E-state index in [1.54, 1.807) is 18.2 Å². The predicted molar refractivity (Wildman–Crippen MR) is 102 cm³/mol. The van der Waals surface area contributed by atoms with E-state index in [9.17, 15) is 19.7 Å². The van der Waals surface area contributed by atoms with Crippen LogP contribution in [0.3, 0.4) is 0 Å². The van der Waals surface area contributed by atoms with Crippen LogP contribution in [0.1, 0.15) is 10.4 Å². The molecule has 0 unspecified atom stereocenters. The van der Waals surface area contributed by atoms with E-state index in [4.69, 9.17) is 27.9 Å². The minimum Gasteiger partial charge on any atom is -0.496 e. The molecule has 10 heteroatoms. The van der Waals surface area contributed by atoms with Crippen LogP contribution in [0.2, 0.25) is 10.0 Å². The summed E-state index contributed by atoms with van der Waals surface area (Å²) in [6.07, 6.45) is 0. The number of carbonyl (C=O) groups is 2. The van der Waals surface area contributed by atoms with Crippen molar-refractivity contribution in [3.05, 3.63) is 62.1 Å². The Morgan fingerprint density at radius 1 is 1.22 bits per heavy atom. The average molecular weight is 412 g/mol. The van der Waals surface area contributed by atoms with Gasteiger partial charge in [-0.2, -0.15) is 0 Å². The molecule has 2 aromatic rings. The van der Waals surface area contributed by atoms with Gasteiger partial charge >= 0.3 is 0 Å². The summed E-state index contributed by atoms with van der Waals surface area (Å²) in [5.74, 6) is -0.992. The first-order valence-electron chi connectivity index (χ1n) is 7.56. The van der Waals surface area contributed by atoms with Gasteiger partial charge in [0.2, 0.25) is 5.91 Å². The first-order valence-corrected chi connectivity index (χ1v) is 8.32. The van der Waals surface area contributed by atoms with Crippen molar-refractivity contribution in [2.45, 2.75) is 0 Å². The van der Waals surface area contributed by atoms with Crippen molar-refractivity contribution in [3.63, 3.8) is 0 Å². The van der Waals surface area contributed by atoms with E-state index in [1.807, 2.05) is 0 Å². The van der Waals surface area contributed by atoms with Crippen LogP contribution in [0, 0.1) is 10.1 Å². The maximum Gasteiger partial charge on any atom is 0.270 e. The second-order valence-electron chi connectivity index (χ2n) is 5.45. The van der Waals surface area contributed by atoms with Gasteiger partial charge in [-0.3, -0.25) is 19.7 Å². The SMILES string of the molecule is COc1ccc([N+](=O)[O-])cc1C(=O)N(C)CC(=O)Nc1c(Cl)cccc1Cl. The third kappa shape index (κ3) is 4.87. The number of hydrogen-bond acceptors (Lipinski definition) is 5. The van der Waals surface area contributed by atoms with Gasteiger partial charge in [0.25, 0.3) is 11.6 Å².